The number of hydrogen-bond donors (Lipinski definition) is 0. The molecule has 0 spiro atoms. The van der Waals surface area contributed by atoms with Gasteiger partial charge in [-0.3, -0.25) is 9.63 Å². The molecule has 0 radical (unpaired) electrons. The van der Waals surface area contributed by atoms with Crippen molar-refractivity contribution in [1.29, 1.82) is 0 Å². The smallest absolute Gasteiger partial charge is 0.271 e. The maximum absolute atomic E-state index is 13.6. The zero-order valence-corrected chi connectivity index (χ0v) is 9.20. The number of nitrogens with zero attached hydrogens (tertiary/aromatic N) is 1. The Kier molecular flexibility index (Phi) is 3.19. The fraction of sp³-hybridized carbons (Fsp3) is 0.417. The summed E-state index contributed by atoms with van der Waals surface area (Å²) in [5.41, 5.74) is 0.876. The summed E-state index contributed by atoms with van der Waals surface area (Å²) in [6, 6.07) is 4.59. The lowest BCUT2D eigenvalue weighted by atomic mass is 10.1. The molecule has 1 aliphatic heterocycles. The monoisotopic (exact) mass is 223 g/mol. The van der Waals surface area contributed by atoms with Crippen LogP contribution in [0.4, 0.5) is 4.39 Å². The van der Waals surface area contributed by atoms with Crippen molar-refractivity contribution in [1.82, 2.24) is 5.06 Å². The quantitative estimate of drug-likeness (QED) is 0.731. The highest BCUT2D eigenvalue weighted by Gasteiger charge is 2.21. The van der Waals surface area contributed by atoms with Gasteiger partial charge in [0.05, 0.1) is 12.2 Å². The van der Waals surface area contributed by atoms with Crippen molar-refractivity contribution in [3.05, 3.63) is 35.1 Å². The lowest BCUT2D eigenvalue weighted by Crippen LogP contribution is -2.36. The van der Waals surface area contributed by atoms with Crippen LogP contribution in [0.5, 0.6) is 0 Å². The third kappa shape index (κ3) is 2.22. The van der Waals surface area contributed by atoms with Gasteiger partial charge in [-0.2, -0.15) is 0 Å². The van der Waals surface area contributed by atoms with Gasteiger partial charge in [-0.05, 0) is 37.5 Å². The molecule has 0 saturated carbocycles. The standard InChI is InChI=1S/C12H14FNO2/c1-9-4-5-10(11(13)8-9)12(15)14-6-2-3-7-16-14/h4-5,8H,2-3,6-7H2,1H3. The number of halogens is 1. The van der Waals surface area contributed by atoms with Gasteiger partial charge in [0.15, 0.2) is 0 Å². The lowest BCUT2D eigenvalue weighted by molar-refractivity contribution is -0.144. The summed E-state index contributed by atoms with van der Waals surface area (Å²) in [7, 11) is 0. The molecule has 4 heteroatoms. The third-order valence-corrected chi connectivity index (χ3v) is 2.58. The van der Waals surface area contributed by atoms with Crippen molar-refractivity contribution < 1.29 is 14.0 Å². The van der Waals surface area contributed by atoms with Crippen molar-refractivity contribution >= 4 is 5.91 Å². The van der Waals surface area contributed by atoms with Gasteiger partial charge in [0, 0.05) is 6.54 Å². The maximum Gasteiger partial charge on any atom is 0.280 e. The van der Waals surface area contributed by atoms with Crippen LogP contribution < -0.4 is 0 Å². The molecule has 1 aromatic carbocycles. The molecule has 1 fully saturated rings. The van der Waals surface area contributed by atoms with Gasteiger partial charge < -0.3 is 0 Å². The summed E-state index contributed by atoms with van der Waals surface area (Å²) in [6.07, 6.45) is 1.85. The highest BCUT2D eigenvalue weighted by Crippen LogP contribution is 2.15. The Morgan fingerprint density at radius 1 is 1.44 bits per heavy atom. The van der Waals surface area contributed by atoms with Crippen LogP contribution in [0.2, 0.25) is 0 Å². The van der Waals surface area contributed by atoms with Gasteiger partial charge in [-0.15, -0.1) is 0 Å². The number of rotatable bonds is 1. The molecule has 0 atom stereocenters. The van der Waals surface area contributed by atoms with Crippen LogP contribution >= 0.6 is 0 Å². The molecule has 1 aliphatic rings. The molecule has 1 amide bonds. The second kappa shape index (κ2) is 4.61. The summed E-state index contributed by atoms with van der Waals surface area (Å²) in [4.78, 5) is 17.1. The fourth-order valence-electron chi connectivity index (χ4n) is 1.68. The molecule has 0 aliphatic carbocycles. The van der Waals surface area contributed by atoms with Gasteiger partial charge in [-0.1, -0.05) is 6.07 Å². The van der Waals surface area contributed by atoms with Gasteiger partial charge in [-0.25, -0.2) is 9.45 Å². The first kappa shape index (κ1) is 11.1. The van der Waals surface area contributed by atoms with E-state index in [0.29, 0.717) is 13.2 Å². The van der Waals surface area contributed by atoms with E-state index in [9.17, 15) is 9.18 Å². The molecule has 2 rings (SSSR count). The summed E-state index contributed by atoms with van der Waals surface area (Å²) in [5.74, 6) is -0.878. The Labute approximate surface area is 93.8 Å². The molecular weight excluding hydrogens is 209 g/mol. The van der Waals surface area contributed by atoms with Crippen molar-refractivity contribution in [2.45, 2.75) is 19.8 Å². The van der Waals surface area contributed by atoms with Crippen molar-refractivity contribution in [2.75, 3.05) is 13.2 Å². The zero-order valence-electron chi connectivity index (χ0n) is 9.20. The van der Waals surface area contributed by atoms with Crippen molar-refractivity contribution in [3.8, 4) is 0 Å². The molecule has 0 bridgehead atoms. The summed E-state index contributed by atoms with van der Waals surface area (Å²) in [5, 5.41) is 1.25. The molecule has 1 saturated heterocycles. The second-order valence-corrected chi connectivity index (χ2v) is 3.93. The molecule has 0 aromatic heterocycles. The number of aryl methyl sites for hydroxylation is 1. The predicted octanol–water partition coefficient (Wildman–Crippen LogP) is 2.30. The minimum absolute atomic E-state index is 0.0764. The fourth-order valence-corrected chi connectivity index (χ4v) is 1.68. The van der Waals surface area contributed by atoms with Gasteiger partial charge in [0.1, 0.15) is 5.82 Å². The number of hydrogen-bond acceptors (Lipinski definition) is 2. The van der Waals surface area contributed by atoms with Crippen LogP contribution in [0.15, 0.2) is 18.2 Å². The van der Waals surface area contributed by atoms with E-state index in [-0.39, 0.29) is 5.56 Å². The maximum atomic E-state index is 13.6. The Morgan fingerprint density at radius 2 is 2.25 bits per heavy atom. The number of carbonyl (C=O) groups excluding carboxylic acids is 1. The van der Waals surface area contributed by atoms with Crippen LogP contribution in [0, 0.1) is 12.7 Å². The van der Waals surface area contributed by atoms with E-state index in [1.54, 1.807) is 13.0 Å². The van der Waals surface area contributed by atoms with E-state index < -0.39 is 11.7 Å². The van der Waals surface area contributed by atoms with Gasteiger partial charge in [0.25, 0.3) is 5.91 Å². The zero-order chi connectivity index (χ0) is 11.5. The van der Waals surface area contributed by atoms with Crippen LogP contribution in [0.1, 0.15) is 28.8 Å². The first-order valence-electron chi connectivity index (χ1n) is 5.39. The van der Waals surface area contributed by atoms with Gasteiger partial charge in [0.2, 0.25) is 0 Å². The number of hydroxylamine groups is 2. The molecule has 86 valence electrons. The molecule has 1 heterocycles. The predicted molar refractivity (Wildman–Crippen MR) is 57.4 cm³/mol. The van der Waals surface area contributed by atoms with E-state index >= 15 is 0 Å². The Hall–Kier alpha value is -1.42. The van der Waals surface area contributed by atoms with E-state index in [4.69, 9.17) is 4.84 Å². The summed E-state index contributed by atoms with van der Waals surface area (Å²) < 4.78 is 13.6. The van der Waals surface area contributed by atoms with Crippen LogP contribution in [-0.4, -0.2) is 24.1 Å². The van der Waals surface area contributed by atoms with E-state index in [1.807, 2.05) is 0 Å². The first-order valence-corrected chi connectivity index (χ1v) is 5.39. The normalized spacial score (nSPS) is 16.2. The number of benzene rings is 1. The molecule has 0 N–H and O–H groups in total. The number of amides is 1. The van der Waals surface area contributed by atoms with E-state index in [1.165, 1.54) is 17.2 Å². The third-order valence-electron chi connectivity index (χ3n) is 2.58. The highest BCUT2D eigenvalue weighted by atomic mass is 19.1. The molecule has 3 nitrogen and oxygen atoms in total. The Morgan fingerprint density at radius 3 is 2.88 bits per heavy atom. The minimum Gasteiger partial charge on any atom is -0.271 e. The minimum atomic E-state index is -0.487. The number of carbonyl (C=O) groups is 1. The first-order chi connectivity index (χ1) is 7.68. The van der Waals surface area contributed by atoms with Crippen LogP contribution in [0.3, 0.4) is 0 Å². The summed E-state index contributed by atoms with van der Waals surface area (Å²) in [6.45, 7) is 2.85. The Bertz CT molecular complexity index is 400. The van der Waals surface area contributed by atoms with E-state index in [2.05, 4.69) is 0 Å². The van der Waals surface area contributed by atoms with Gasteiger partial charge >= 0.3 is 0 Å². The molecule has 0 unspecified atom stereocenters. The average molecular weight is 223 g/mol. The summed E-state index contributed by atoms with van der Waals surface area (Å²) >= 11 is 0. The Balaban J connectivity index is 2.19. The van der Waals surface area contributed by atoms with Crippen LogP contribution in [0.25, 0.3) is 0 Å². The molecule has 16 heavy (non-hydrogen) atoms. The topological polar surface area (TPSA) is 29.5 Å². The van der Waals surface area contributed by atoms with Crippen molar-refractivity contribution in [2.24, 2.45) is 0 Å². The van der Waals surface area contributed by atoms with Crippen molar-refractivity contribution in [3.63, 3.8) is 0 Å². The highest BCUT2D eigenvalue weighted by molar-refractivity contribution is 5.93. The average Bonchev–Trinajstić information content (AvgIpc) is 2.29. The largest absolute Gasteiger partial charge is 0.280 e. The van der Waals surface area contributed by atoms with E-state index in [0.717, 1.165) is 18.4 Å². The molecular formula is C12H14FNO2. The van der Waals surface area contributed by atoms with Crippen LogP contribution in [-0.2, 0) is 4.84 Å². The molecule has 1 aromatic rings. The SMILES string of the molecule is Cc1ccc(C(=O)N2CCCCO2)c(F)c1. The lowest BCUT2D eigenvalue weighted by Gasteiger charge is -2.25. The second-order valence-electron chi connectivity index (χ2n) is 3.93.